The molecule has 2 unspecified atom stereocenters. The van der Waals surface area contributed by atoms with Crippen molar-refractivity contribution in [2.24, 2.45) is 0 Å². The van der Waals surface area contributed by atoms with Gasteiger partial charge < -0.3 is 15.2 Å². The molecule has 0 aliphatic carbocycles. The van der Waals surface area contributed by atoms with E-state index in [1.165, 1.54) is 31.2 Å². The number of aromatic hydroxyl groups is 1. The fourth-order valence-electron chi connectivity index (χ4n) is 3.42. The van der Waals surface area contributed by atoms with Crippen molar-refractivity contribution in [1.82, 2.24) is 10.2 Å². The van der Waals surface area contributed by atoms with Crippen molar-refractivity contribution < 1.29 is 9.84 Å². The molecule has 0 aromatic heterocycles. The minimum atomic E-state index is 0.284. The lowest BCUT2D eigenvalue weighted by Gasteiger charge is -2.30. The molecule has 3 rings (SSSR count). The number of nitrogens with zero attached hydrogens (tertiary/aromatic N) is 1. The highest BCUT2D eigenvalue weighted by Crippen LogP contribution is 2.38. The van der Waals surface area contributed by atoms with E-state index in [-0.39, 0.29) is 5.75 Å². The van der Waals surface area contributed by atoms with Crippen molar-refractivity contribution in [3.8, 4) is 11.5 Å². The number of phenolic OH excluding ortho intramolecular Hbond substituents is 1. The Hall–Kier alpha value is -1.26. The van der Waals surface area contributed by atoms with Crippen LogP contribution in [-0.4, -0.2) is 42.3 Å². The minimum absolute atomic E-state index is 0.284. The van der Waals surface area contributed by atoms with E-state index in [0.717, 1.165) is 25.4 Å². The van der Waals surface area contributed by atoms with Crippen LogP contribution >= 0.6 is 0 Å². The summed E-state index contributed by atoms with van der Waals surface area (Å²) in [5, 5.41) is 13.2. The topological polar surface area (TPSA) is 44.7 Å². The van der Waals surface area contributed by atoms with Crippen molar-refractivity contribution >= 4 is 0 Å². The summed E-state index contributed by atoms with van der Waals surface area (Å²) < 4.78 is 5.80. The first kappa shape index (κ1) is 14.7. The minimum Gasteiger partial charge on any atom is -0.508 e. The second-order valence-corrected chi connectivity index (χ2v) is 6.19. The SMILES string of the molecule is CCCCN(CC1CCCN1)C1COc2cc(O)ccc21. The van der Waals surface area contributed by atoms with Gasteiger partial charge in [0.2, 0.25) is 0 Å². The van der Waals surface area contributed by atoms with Gasteiger partial charge in [-0.2, -0.15) is 0 Å². The van der Waals surface area contributed by atoms with Crippen molar-refractivity contribution in [3.05, 3.63) is 23.8 Å². The maximum Gasteiger partial charge on any atom is 0.127 e. The Morgan fingerprint density at radius 3 is 3.10 bits per heavy atom. The van der Waals surface area contributed by atoms with Gasteiger partial charge in [-0.25, -0.2) is 0 Å². The lowest BCUT2D eigenvalue weighted by Crippen LogP contribution is -2.40. The zero-order chi connectivity index (χ0) is 14.7. The van der Waals surface area contributed by atoms with Gasteiger partial charge in [0.05, 0.1) is 6.04 Å². The first-order valence-electron chi connectivity index (χ1n) is 8.21. The van der Waals surface area contributed by atoms with Crippen LogP contribution in [0.25, 0.3) is 0 Å². The Morgan fingerprint density at radius 2 is 2.33 bits per heavy atom. The monoisotopic (exact) mass is 290 g/mol. The van der Waals surface area contributed by atoms with E-state index >= 15 is 0 Å². The average Bonchev–Trinajstić information content (AvgIpc) is 3.12. The van der Waals surface area contributed by atoms with Crippen LogP contribution in [0.2, 0.25) is 0 Å². The molecule has 0 spiro atoms. The summed E-state index contributed by atoms with van der Waals surface area (Å²) in [4.78, 5) is 2.56. The van der Waals surface area contributed by atoms with Crippen LogP contribution in [0.1, 0.15) is 44.2 Å². The Morgan fingerprint density at radius 1 is 1.43 bits per heavy atom. The highest BCUT2D eigenvalue weighted by atomic mass is 16.5. The van der Waals surface area contributed by atoms with Crippen molar-refractivity contribution in [2.75, 3.05) is 26.2 Å². The molecule has 2 N–H and O–H groups in total. The summed E-state index contributed by atoms with van der Waals surface area (Å²) in [7, 11) is 0. The summed E-state index contributed by atoms with van der Waals surface area (Å²) in [5.74, 6) is 1.13. The molecule has 1 saturated heterocycles. The highest BCUT2D eigenvalue weighted by molar-refractivity contribution is 5.44. The quantitative estimate of drug-likeness (QED) is 0.845. The fourth-order valence-corrected chi connectivity index (χ4v) is 3.42. The number of rotatable bonds is 6. The number of benzene rings is 1. The Labute approximate surface area is 127 Å². The molecule has 1 fully saturated rings. The van der Waals surface area contributed by atoms with Gasteiger partial charge in [0.25, 0.3) is 0 Å². The first-order chi connectivity index (χ1) is 10.3. The van der Waals surface area contributed by atoms with Gasteiger partial charge in [0.1, 0.15) is 18.1 Å². The molecule has 2 atom stereocenters. The van der Waals surface area contributed by atoms with Crippen LogP contribution in [0.4, 0.5) is 0 Å². The molecule has 2 aliphatic heterocycles. The number of fused-ring (bicyclic) bond motifs is 1. The Bertz CT molecular complexity index is 472. The molecule has 4 nitrogen and oxygen atoms in total. The molecule has 116 valence electrons. The molecular formula is C17H26N2O2. The van der Waals surface area contributed by atoms with Gasteiger partial charge in [0.15, 0.2) is 0 Å². The third kappa shape index (κ3) is 3.33. The number of hydrogen-bond acceptors (Lipinski definition) is 4. The predicted molar refractivity (Wildman–Crippen MR) is 83.8 cm³/mol. The fraction of sp³-hybridized carbons (Fsp3) is 0.647. The Kier molecular flexibility index (Phi) is 4.66. The summed E-state index contributed by atoms with van der Waals surface area (Å²) >= 11 is 0. The number of ether oxygens (including phenoxy) is 1. The zero-order valence-electron chi connectivity index (χ0n) is 12.8. The molecule has 0 bridgehead atoms. The molecule has 21 heavy (non-hydrogen) atoms. The van der Waals surface area contributed by atoms with E-state index in [4.69, 9.17) is 4.74 Å². The maximum atomic E-state index is 9.59. The normalized spacial score (nSPS) is 24.3. The molecule has 2 aliphatic rings. The summed E-state index contributed by atoms with van der Waals surface area (Å²) in [6.07, 6.45) is 5.00. The third-order valence-corrected chi connectivity index (χ3v) is 4.61. The zero-order valence-corrected chi connectivity index (χ0v) is 12.8. The smallest absolute Gasteiger partial charge is 0.127 e. The van der Waals surface area contributed by atoms with Crippen LogP contribution < -0.4 is 10.1 Å². The van der Waals surface area contributed by atoms with Gasteiger partial charge >= 0.3 is 0 Å². The van der Waals surface area contributed by atoms with Crippen LogP contribution in [0, 0.1) is 0 Å². The number of hydrogen-bond donors (Lipinski definition) is 2. The molecule has 0 saturated carbocycles. The van der Waals surface area contributed by atoms with E-state index in [9.17, 15) is 5.11 Å². The molecule has 4 heteroatoms. The van der Waals surface area contributed by atoms with E-state index in [0.29, 0.717) is 18.7 Å². The second kappa shape index (κ2) is 6.67. The standard InChI is InChI=1S/C17H26N2O2/c1-2-3-9-19(11-13-5-4-8-18-13)16-12-21-17-10-14(20)6-7-15(16)17/h6-7,10,13,16,18,20H,2-5,8-9,11-12H2,1H3. The largest absolute Gasteiger partial charge is 0.508 e. The number of phenols is 1. The third-order valence-electron chi connectivity index (χ3n) is 4.61. The molecule has 1 aromatic carbocycles. The second-order valence-electron chi connectivity index (χ2n) is 6.19. The van der Waals surface area contributed by atoms with E-state index in [1.807, 2.05) is 6.07 Å². The summed E-state index contributed by atoms with van der Waals surface area (Å²) in [6, 6.07) is 6.47. The van der Waals surface area contributed by atoms with Crippen molar-refractivity contribution in [3.63, 3.8) is 0 Å². The van der Waals surface area contributed by atoms with Crippen LogP contribution in [0.5, 0.6) is 11.5 Å². The van der Waals surface area contributed by atoms with Crippen molar-refractivity contribution in [2.45, 2.75) is 44.7 Å². The molecule has 0 amide bonds. The molecule has 1 aromatic rings. The van der Waals surface area contributed by atoms with Gasteiger partial charge in [-0.05, 0) is 44.5 Å². The Balaban J connectivity index is 1.74. The lowest BCUT2D eigenvalue weighted by atomic mass is 10.0. The molecule has 2 heterocycles. The number of unbranched alkanes of at least 4 members (excludes halogenated alkanes) is 1. The van der Waals surface area contributed by atoms with E-state index < -0.39 is 0 Å². The maximum absolute atomic E-state index is 9.59. The van der Waals surface area contributed by atoms with Gasteiger partial charge in [-0.1, -0.05) is 13.3 Å². The van der Waals surface area contributed by atoms with Gasteiger partial charge in [-0.3, -0.25) is 4.90 Å². The summed E-state index contributed by atoms with van der Waals surface area (Å²) in [5.41, 5.74) is 1.22. The first-order valence-corrected chi connectivity index (χ1v) is 8.21. The van der Waals surface area contributed by atoms with Crippen LogP contribution in [0.15, 0.2) is 18.2 Å². The average molecular weight is 290 g/mol. The molecular weight excluding hydrogens is 264 g/mol. The van der Waals surface area contributed by atoms with E-state index in [1.54, 1.807) is 12.1 Å². The van der Waals surface area contributed by atoms with E-state index in [2.05, 4.69) is 17.1 Å². The van der Waals surface area contributed by atoms with Crippen molar-refractivity contribution in [1.29, 1.82) is 0 Å². The highest BCUT2D eigenvalue weighted by Gasteiger charge is 2.31. The summed E-state index contributed by atoms with van der Waals surface area (Å²) in [6.45, 7) is 6.30. The predicted octanol–water partition coefficient (Wildman–Crippen LogP) is 2.68. The number of nitrogens with one attached hydrogen (secondary N) is 1. The van der Waals surface area contributed by atoms with Gasteiger partial charge in [-0.15, -0.1) is 0 Å². The van der Waals surface area contributed by atoms with Gasteiger partial charge in [0, 0.05) is 24.2 Å². The molecule has 0 radical (unpaired) electrons. The van der Waals surface area contributed by atoms with Crippen LogP contribution in [-0.2, 0) is 0 Å². The lowest BCUT2D eigenvalue weighted by molar-refractivity contribution is 0.149. The van der Waals surface area contributed by atoms with Crippen LogP contribution in [0.3, 0.4) is 0 Å².